The van der Waals surface area contributed by atoms with Gasteiger partial charge >= 0.3 is 5.97 Å². The first-order valence-corrected chi connectivity index (χ1v) is 33.3. The van der Waals surface area contributed by atoms with Gasteiger partial charge in [-0.15, -0.1) is 0 Å². The topological polar surface area (TPSA) is 95.9 Å². The van der Waals surface area contributed by atoms with E-state index in [2.05, 4.69) is 43.5 Å². The van der Waals surface area contributed by atoms with Crippen molar-refractivity contribution >= 4 is 11.9 Å². The zero-order chi connectivity index (χ0) is 53.6. The van der Waals surface area contributed by atoms with Gasteiger partial charge in [0, 0.05) is 12.8 Å². The van der Waals surface area contributed by atoms with Crippen LogP contribution in [0.1, 0.15) is 361 Å². The van der Waals surface area contributed by atoms with E-state index in [0.717, 1.165) is 51.4 Å². The molecule has 0 aromatic rings. The van der Waals surface area contributed by atoms with Gasteiger partial charge in [-0.3, -0.25) is 9.59 Å². The summed E-state index contributed by atoms with van der Waals surface area (Å²) < 4.78 is 5.48. The molecule has 0 saturated heterocycles. The van der Waals surface area contributed by atoms with Crippen LogP contribution in [0.5, 0.6) is 0 Å². The number of rotatable bonds is 62. The lowest BCUT2D eigenvalue weighted by atomic mass is 10.0. The van der Waals surface area contributed by atoms with E-state index in [4.69, 9.17) is 4.74 Å². The molecule has 2 atom stereocenters. The van der Waals surface area contributed by atoms with Crippen LogP contribution in [0.2, 0.25) is 0 Å². The molecule has 2 unspecified atom stereocenters. The minimum atomic E-state index is -0.848. The maximum atomic E-state index is 12.5. The van der Waals surface area contributed by atoms with Crippen molar-refractivity contribution in [2.45, 2.75) is 373 Å². The highest BCUT2D eigenvalue weighted by molar-refractivity contribution is 5.76. The van der Waals surface area contributed by atoms with Gasteiger partial charge in [0.25, 0.3) is 0 Å². The lowest BCUT2D eigenvalue weighted by Crippen LogP contribution is -2.45. The van der Waals surface area contributed by atoms with E-state index < -0.39 is 12.1 Å². The van der Waals surface area contributed by atoms with Gasteiger partial charge < -0.3 is 20.3 Å². The monoisotopic (exact) mass is 1040 g/mol. The molecule has 6 heteroatoms. The second kappa shape index (κ2) is 63.6. The Labute approximate surface area is 462 Å². The number of aliphatic hydroxyl groups is 2. The molecule has 0 aliphatic rings. The standard InChI is InChI=1S/C68H129NO5/c1-3-5-7-9-11-13-15-17-19-21-22-23-24-26-29-32-36-40-44-48-52-56-60-66(71)65(64-70)69-67(72)61-57-53-49-45-41-37-33-30-27-25-28-31-35-39-43-47-51-55-59-63-74-68(73)62-58-54-50-46-42-38-34-20-18-16-14-12-10-8-6-4-2/h14,16,20,34,56,60,65-66,70-71H,3-13,15,17-19,21-33,35-55,57-59,61-64H2,1-2H3,(H,69,72)/b16-14-,34-20-,60-56+. The molecule has 0 saturated carbocycles. The third-order valence-electron chi connectivity index (χ3n) is 15.4. The van der Waals surface area contributed by atoms with Crippen molar-refractivity contribution in [3.05, 3.63) is 36.5 Å². The van der Waals surface area contributed by atoms with Crippen molar-refractivity contribution in [3.8, 4) is 0 Å². The van der Waals surface area contributed by atoms with Gasteiger partial charge in [0.2, 0.25) is 5.91 Å². The van der Waals surface area contributed by atoms with Gasteiger partial charge in [-0.2, -0.15) is 0 Å². The van der Waals surface area contributed by atoms with E-state index in [1.54, 1.807) is 6.08 Å². The van der Waals surface area contributed by atoms with Crippen LogP contribution >= 0.6 is 0 Å². The molecule has 1 amide bonds. The molecule has 74 heavy (non-hydrogen) atoms. The maximum Gasteiger partial charge on any atom is 0.305 e. The van der Waals surface area contributed by atoms with Crippen LogP contribution in [0.15, 0.2) is 36.5 Å². The third-order valence-corrected chi connectivity index (χ3v) is 15.4. The van der Waals surface area contributed by atoms with E-state index in [-0.39, 0.29) is 18.5 Å². The summed E-state index contributed by atoms with van der Waals surface area (Å²) in [6.07, 6.45) is 80.5. The Bertz CT molecular complexity index is 1200. The smallest absolute Gasteiger partial charge is 0.305 e. The van der Waals surface area contributed by atoms with E-state index >= 15 is 0 Å². The summed E-state index contributed by atoms with van der Waals surface area (Å²) in [7, 11) is 0. The van der Waals surface area contributed by atoms with E-state index in [0.29, 0.717) is 19.4 Å². The average Bonchev–Trinajstić information content (AvgIpc) is 3.40. The number of amides is 1. The Morgan fingerprint density at radius 1 is 0.378 bits per heavy atom. The Kier molecular flexibility index (Phi) is 62.0. The fourth-order valence-corrected chi connectivity index (χ4v) is 10.3. The zero-order valence-corrected chi connectivity index (χ0v) is 49.8. The summed E-state index contributed by atoms with van der Waals surface area (Å²) in [6, 6.07) is -0.632. The maximum absolute atomic E-state index is 12.5. The van der Waals surface area contributed by atoms with E-state index in [9.17, 15) is 19.8 Å². The van der Waals surface area contributed by atoms with Crippen LogP contribution in [0, 0.1) is 0 Å². The van der Waals surface area contributed by atoms with Crippen LogP contribution in [0.25, 0.3) is 0 Å². The van der Waals surface area contributed by atoms with E-state index in [1.165, 1.54) is 283 Å². The molecule has 436 valence electrons. The number of esters is 1. The van der Waals surface area contributed by atoms with Crippen molar-refractivity contribution in [1.82, 2.24) is 5.32 Å². The minimum Gasteiger partial charge on any atom is -0.466 e. The molecule has 0 aromatic heterocycles. The zero-order valence-electron chi connectivity index (χ0n) is 49.8. The SMILES string of the molecule is CCCCCC/C=C\C/C=C\CCCCCCCC(=O)OCCCCCCCCCCCCCCCCCCCCCC(=O)NC(CO)C(O)/C=C/CCCCCCCCCCCCCCCCCCCCCC. The number of nitrogens with one attached hydrogen (secondary N) is 1. The minimum absolute atomic E-state index is 0.00466. The Hall–Kier alpha value is -1.92. The highest BCUT2D eigenvalue weighted by atomic mass is 16.5. The highest BCUT2D eigenvalue weighted by Gasteiger charge is 2.18. The number of ether oxygens (including phenoxy) is 1. The number of hydrogen-bond acceptors (Lipinski definition) is 5. The number of unbranched alkanes of at least 4 members (excludes halogenated alkanes) is 47. The molecule has 0 aliphatic carbocycles. The molecule has 0 aliphatic heterocycles. The quantitative estimate of drug-likeness (QED) is 0.0320. The summed E-state index contributed by atoms with van der Waals surface area (Å²) in [5, 5.41) is 23.2. The number of carbonyl (C=O) groups is 2. The number of hydrogen-bond donors (Lipinski definition) is 3. The second-order valence-electron chi connectivity index (χ2n) is 22.8. The van der Waals surface area contributed by atoms with Crippen LogP contribution in [-0.4, -0.2) is 47.4 Å². The molecule has 0 heterocycles. The highest BCUT2D eigenvalue weighted by Crippen LogP contribution is 2.18. The van der Waals surface area contributed by atoms with Crippen molar-refractivity contribution in [1.29, 1.82) is 0 Å². The predicted molar refractivity (Wildman–Crippen MR) is 324 cm³/mol. The summed E-state index contributed by atoms with van der Waals surface area (Å²) in [4.78, 5) is 24.6. The third kappa shape index (κ3) is 59.3. The molecule has 0 aromatic carbocycles. The Morgan fingerprint density at radius 2 is 0.676 bits per heavy atom. The normalized spacial score (nSPS) is 12.8. The first-order chi connectivity index (χ1) is 36.5. The first-order valence-electron chi connectivity index (χ1n) is 33.3. The van der Waals surface area contributed by atoms with Crippen LogP contribution in [0.3, 0.4) is 0 Å². The number of aliphatic hydroxyl groups excluding tert-OH is 2. The average molecular weight is 1040 g/mol. The Morgan fingerprint density at radius 3 is 1.04 bits per heavy atom. The van der Waals surface area contributed by atoms with Gasteiger partial charge in [0.1, 0.15) is 0 Å². The van der Waals surface area contributed by atoms with Crippen molar-refractivity contribution in [2.75, 3.05) is 13.2 Å². The summed E-state index contributed by atoms with van der Waals surface area (Å²) in [5.41, 5.74) is 0. The number of allylic oxidation sites excluding steroid dienone is 5. The molecular weight excluding hydrogens is 911 g/mol. The fourth-order valence-electron chi connectivity index (χ4n) is 10.3. The molecule has 0 rings (SSSR count). The first kappa shape index (κ1) is 72.1. The largest absolute Gasteiger partial charge is 0.466 e. The molecule has 0 radical (unpaired) electrons. The van der Waals surface area contributed by atoms with Crippen LogP contribution < -0.4 is 5.32 Å². The van der Waals surface area contributed by atoms with Crippen LogP contribution in [0.4, 0.5) is 0 Å². The van der Waals surface area contributed by atoms with Crippen molar-refractivity contribution < 1.29 is 24.5 Å². The van der Waals surface area contributed by atoms with E-state index in [1.807, 2.05) is 6.08 Å². The number of carbonyl (C=O) groups excluding carboxylic acids is 2. The van der Waals surface area contributed by atoms with Crippen molar-refractivity contribution in [2.24, 2.45) is 0 Å². The summed E-state index contributed by atoms with van der Waals surface area (Å²) in [6.45, 7) is 4.90. The summed E-state index contributed by atoms with van der Waals surface area (Å²) in [5.74, 6) is -0.0726. The van der Waals surface area contributed by atoms with Gasteiger partial charge in [0.15, 0.2) is 0 Å². The molecule has 3 N–H and O–H groups in total. The lowest BCUT2D eigenvalue weighted by molar-refractivity contribution is -0.143. The molecule has 0 fully saturated rings. The van der Waals surface area contributed by atoms with Crippen LogP contribution in [-0.2, 0) is 14.3 Å². The van der Waals surface area contributed by atoms with Gasteiger partial charge in [0.05, 0.1) is 25.4 Å². The molecular formula is C68H129NO5. The molecule has 0 bridgehead atoms. The van der Waals surface area contributed by atoms with Gasteiger partial charge in [-0.25, -0.2) is 0 Å². The van der Waals surface area contributed by atoms with Gasteiger partial charge in [-0.05, 0) is 64.2 Å². The molecule has 6 nitrogen and oxygen atoms in total. The lowest BCUT2D eigenvalue weighted by Gasteiger charge is -2.20. The second-order valence-corrected chi connectivity index (χ2v) is 22.8. The summed E-state index contributed by atoms with van der Waals surface area (Å²) >= 11 is 0. The van der Waals surface area contributed by atoms with Gasteiger partial charge in [-0.1, -0.05) is 320 Å². The predicted octanol–water partition coefficient (Wildman–Crippen LogP) is 21.1. The fraction of sp³-hybridized carbons (Fsp3) is 0.882. The Balaban J connectivity index is 3.44. The van der Waals surface area contributed by atoms with Crippen molar-refractivity contribution in [3.63, 3.8) is 0 Å². The molecule has 0 spiro atoms.